The second-order valence-electron chi connectivity index (χ2n) is 7.25. The van der Waals surface area contributed by atoms with Crippen molar-refractivity contribution >= 4 is 17.4 Å². The molecule has 1 fully saturated rings. The maximum absolute atomic E-state index is 12.4. The maximum Gasteiger partial charge on any atom is 0.251 e. The van der Waals surface area contributed by atoms with Crippen molar-refractivity contribution < 1.29 is 14.6 Å². The minimum atomic E-state index is -0.0890. The van der Waals surface area contributed by atoms with Crippen LogP contribution in [0.5, 0.6) is 5.75 Å². The first-order valence-electron chi connectivity index (χ1n) is 10.2. The second-order valence-corrected chi connectivity index (χ2v) is 7.25. The molecule has 1 saturated heterocycles. The molecule has 31 heavy (non-hydrogen) atoms. The number of hydrogen-bond acceptors (Lipinski definition) is 7. The number of carbonyl (C=O) groups excluding carboxylic acids is 1. The summed E-state index contributed by atoms with van der Waals surface area (Å²) in [5, 5.41) is 15.6. The van der Waals surface area contributed by atoms with Gasteiger partial charge < -0.3 is 20.5 Å². The number of aromatic nitrogens is 2. The Morgan fingerprint density at radius 3 is 2.52 bits per heavy atom. The van der Waals surface area contributed by atoms with Crippen molar-refractivity contribution in [3.8, 4) is 17.0 Å². The molecule has 0 unspecified atom stereocenters. The van der Waals surface area contributed by atoms with Crippen LogP contribution in [0.15, 0.2) is 60.9 Å². The van der Waals surface area contributed by atoms with Crippen molar-refractivity contribution in [1.29, 1.82) is 0 Å². The lowest BCUT2D eigenvalue weighted by atomic mass is 10.1. The second kappa shape index (κ2) is 10.0. The first-order valence-corrected chi connectivity index (χ1v) is 10.2. The molecule has 1 aliphatic heterocycles. The van der Waals surface area contributed by atoms with Gasteiger partial charge in [0.05, 0.1) is 31.3 Å². The van der Waals surface area contributed by atoms with E-state index in [2.05, 4.69) is 25.5 Å². The molecule has 4 rings (SSSR count). The van der Waals surface area contributed by atoms with Gasteiger partial charge in [0.2, 0.25) is 0 Å². The van der Waals surface area contributed by atoms with Crippen molar-refractivity contribution in [2.75, 3.05) is 44.7 Å². The number of nitrogens with zero attached hydrogens (tertiary/aromatic N) is 3. The van der Waals surface area contributed by atoms with Gasteiger partial charge in [-0.1, -0.05) is 0 Å². The summed E-state index contributed by atoms with van der Waals surface area (Å²) in [5.74, 6) is 0.707. The van der Waals surface area contributed by atoms with E-state index in [1.54, 1.807) is 48.8 Å². The Balaban J connectivity index is 1.32. The van der Waals surface area contributed by atoms with Gasteiger partial charge in [0.25, 0.3) is 5.91 Å². The average Bonchev–Trinajstić information content (AvgIpc) is 2.81. The number of phenols is 1. The molecule has 160 valence electrons. The average molecular weight is 419 g/mol. The lowest BCUT2D eigenvalue weighted by Crippen LogP contribution is -2.41. The molecular weight excluding hydrogens is 394 g/mol. The zero-order chi connectivity index (χ0) is 21.5. The van der Waals surface area contributed by atoms with Gasteiger partial charge in [0.15, 0.2) is 0 Å². The van der Waals surface area contributed by atoms with E-state index in [9.17, 15) is 9.90 Å². The summed E-state index contributed by atoms with van der Waals surface area (Å²) in [5.41, 5.74) is 2.97. The third-order valence-corrected chi connectivity index (χ3v) is 5.03. The van der Waals surface area contributed by atoms with Crippen LogP contribution in [0, 0.1) is 0 Å². The van der Waals surface area contributed by atoms with Gasteiger partial charge in [-0.2, -0.15) is 0 Å². The monoisotopic (exact) mass is 419 g/mol. The molecule has 0 radical (unpaired) electrons. The number of hydrogen-bond donors (Lipinski definition) is 3. The summed E-state index contributed by atoms with van der Waals surface area (Å²) in [6, 6.07) is 14.0. The number of amides is 1. The van der Waals surface area contributed by atoms with Crippen molar-refractivity contribution in [2.45, 2.75) is 0 Å². The summed E-state index contributed by atoms with van der Waals surface area (Å²) in [6.07, 6.45) is 3.30. The highest BCUT2D eigenvalue weighted by Crippen LogP contribution is 2.22. The summed E-state index contributed by atoms with van der Waals surface area (Å²) < 4.78 is 5.33. The molecule has 0 saturated carbocycles. The van der Waals surface area contributed by atoms with E-state index in [0.29, 0.717) is 23.6 Å². The maximum atomic E-state index is 12.4. The number of benzene rings is 2. The molecule has 1 aromatic heterocycles. The van der Waals surface area contributed by atoms with Crippen molar-refractivity contribution in [3.63, 3.8) is 0 Å². The quantitative estimate of drug-likeness (QED) is 0.541. The van der Waals surface area contributed by atoms with E-state index >= 15 is 0 Å². The Hall–Kier alpha value is -3.49. The van der Waals surface area contributed by atoms with Gasteiger partial charge in [-0.05, 0) is 48.5 Å². The van der Waals surface area contributed by atoms with Crippen molar-refractivity contribution in [2.24, 2.45) is 0 Å². The molecule has 0 atom stereocenters. The molecule has 0 aliphatic carbocycles. The van der Waals surface area contributed by atoms with E-state index in [0.717, 1.165) is 44.1 Å². The Bertz CT molecular complexity index is 1000. The number of anilines is 2. The highest BCUT2D eigenvalue weighted by Gasteiger charge is 2.11. The van der Waals surface area contributed by atoms with Crippen LogP contribution in [-0.4, -0.2) is 65.3 Å². The number of ether oxygens (including phenoxy) is 1. The summed E-state index contributed by atoms with van der Waals surface area (Å²) in [6.45, 7) is 4.76. The molecule has 0 bridgehead atoms. The number of carbonyl (C=O) groups is 1. The van der Waals surface area contributed by atoms with Gasteiger partial charge in [-0.15, -0.1) is 0 Å². The van der Waals surface area contributed by atoms with Crippen LogP contribution in [0.25, 0.3) is 11.3 Å². The van der Waals surface area contributed by atoms with Crippen LogP contribution in [0.2, 0.25) is 0 Å². The topological polar surface area (TPSA) is 99.6 Å². The first kappa shape index (κ1) is 20.8. The number of phenolic OH excluding ortho intramolecular Hbond substituents is 1. The first-order chi connectivity index (χ1) is 15.2. The Labute approximate surface area is 180 Å². The summed E-state index contributed by atoms with van der Waals surface area (Å²) in [4.78, 5) is 23.4. The zero-order valence-electron chi connectivity index (χ0n) is 17.1. The van der Waals surface area contributed by atoms with E-state index in [-0.39, 0.29) is 11.7 Å². The highest BCUT2D eigenvalue weighted by molar-refractivity contribution is 5.94. The number of rotatable bonds is 7. The highest BCUT2D eigenvalue weighted by atomic mass is 16.5. The fourth-order valence-electron chi connectivity index (χ4n) is 3.30. The number of nitrogens with one attached hydrogen (secondary N) is 2. The van der Waals surface area contributed by atoms with Gasteiger partial charge in [-0.3, -0.25) is 14.7 Å². The summed E-state index contributed by atoms with van der Waals surface area (Å²) in [7, 11) is 0. The minimum Gasteiger partial charge on any atom is -0.508 e. The fourth-order valence-corrected chi connectivity index (χ4v) is 3.30. The van der Waals surface area contributed by atoms with Crippen molar-refractivity contribution in [3.05, 3.63) is 66.5 Å². The van der Waals surface area contributed by atoms with Gasteiger partial charge >= 0.3 is 0 Å². The molecule has 3 aromatic rings. The smallest absolute Gasteiger partial charge is 0.251 e. The Morgan fingerprint density at radius 2 is 1.77 bits per heavy atom. The molecule has 8 nitrogen and oxygen atoms in total. The molecule has 2 heterocycles. The van der Waals surface area contributed by atoms with E-state index in [1.807, 2.05) is 12.1 Å². The molecular formula is C23H25N5O3. The number of aromatic hydroxyl groups is 1. The Morgan fingerprint density at radius 1 is 1.03 bits per heavy atom. The molecule has 1 amide bonds. The Kier molecular flexibility index (Phi) is 6.71. The number of morpholine rings is 1. The predicted molar refractivity (Wildman–Crippen MR) is 118 cm³/mol. The van der Waals surface area contributed by atoms with Gasteiger partial charge in [-0.25, -0.2) is 4.98 Å². The molecule has 8 heteroatoms. The fraction of sp³-hybridized carbons (Fsp3) is 0.261. The largest absolute Gasteiger partial charge is 0.508 e. The third kappa shape index (κ3) is 5.78. The van der Waals surface area contributed by atoms with Crippen LogP contribution in [0.1, 0.15) is 10.4 Å². The van der Waals surface area contributed by atoms with Crippen LogP contribution >= 0.6 is 0 Å². The predicted octanol–water partition coefficient (Wildman–Crippen LogP) is 2.65. The van der Waals surface area contributed by atoms with Crippen LogP contribution < -0.4 is 10.6 Å². The van der Waals surface area contributed by atoms with E-state index in [4.69, 9.17) is 4.74 Å². The minimum absolute atomic E-state index is 0.0890. The lowest BCUT2D eigenvalue weighted by Gasteiger charge is -2.26. The molecule has 3 N–H and O–H groups in total. The van der Waals surface area contributed by atoms with Crippen LogP contribution in [-0.2, 0) is 4.74 Å². The van der Waals surface area contributed by atoms with E-state index < -0.39 is 0 Å². The van der Waals surface area contributed by atoms with Gasteiger partial charge in [0, 0.05) is 43.0 Å². The summed E-state index contributed by atoms with van der Waals surface area (Å²) >= 11 is 0. The standard InChI is InChI=1S/C23H25N5O3/c29-20-7-3-17(4-8-20)21-15-24-16-22(27-21)26-19-5-1-18(2-6-19)23(30)25-9-10-28-11-13-31-14-12-28/h1-8,15-16,29H,9-14H2,(H,25,30)(H,26,27). The SMILES string of the molecule is O=C(NCCN1CCOCC1)c1ccc(Nc2cncc(-c3ccc(O)cc3)n2)cc1. The molecule has 1 aliphatic rings. The molecule has 2 aromatic carbocycles. The van der Waals surface area contributed by atoms with E-state index in [1.165, 1.54) is 0 Å². The van der Waals surface area contributed by atoms with Crippen LogP contribution in [0.3, 0.4) is 0 Å². The van der Waals surface area contributed by atoms with Crippen LogP contribution in [0.4, 0.5) is 11.5 Å². The third-order valence-electron chi connectivity index (χ3n) is 5.03. The normalized spacial score (nSPS) is 14.2. The lowest BCUT2D eigenvalue weighted by molar-refractivity contribution is 0.0383. The zero-order valence-corrected chi connectivity index (χ0v) is 17.1. The molecule has 0 spiro atoms. The van der Waals surface area contributed by atoms with Crippen molar-refractivity contribution in [1.82, 2.24) is 20.2 Å². The van der Waals surface area contributed by atoms with Gasteiger partial charge in [0.1, 0.15) is 11.6 Å².